The molecule has 0 atom stereocenters. The molecule has 1 aliphatic rings. The zero-order valence-electron chi connectivity index (χ0n) is 9.47. The van der Waals surface area contributed by atoms with Crippen LogP contribution >= 0.6 is 0 Å². The molecule has 0 aliphatic heterocycles. The Morgan fingerprint density at radius 3 is 2.50 bits per heavy atom. The van der Waals surface area contributed by atoms with Gasteiger partial charge in [-0.2, -0.15) is 0 Å². The Morgan fingerprint density at radius 2 is 2.07 bits per heavy atom. The van der Waals surface area contributed by atoms with Crippen molar-refractivity contribution in [2.24, 2.45) is 5.41 Å². The maximum absolute atomic E-state index is 5.24. The lowest BCUT2D eigenvalue weighted by atomic mass is 9.85. The van der Waals surface area contributed by atoms with E-state index in [1.54, 1.807) is 0 Å². The van der Waals surface area contributed by atoms with E-state index in [1.165, 1.54) is 18.3 Å². The van der Waals surface area contributed by atoms with E-state index in [9.17, 15) is 0 Å². The van der Waals surface area contributed by atoms with Gasteiger partial charge in [0, 0.05) is 6.42 Å². The molecule has 0 spiro atoms. The van der Waals surface area contributed by atoms with Gasteiger partial charge in [0.2, 0.25) is 0 Å². The minimum atomic E-state index is 0.385. The third kappa shape index (κ3) is 3.82. The summed E-state index contributed by atoms with van der Waals surface area (Å²) < 4.78 is 5.24. The standard InChI is InChI=1S/C13H20O/c1-5-14-12-8-6-11(7-9-12)10-13(2,3)4/h5-6,8H,1,7,9-10H2,2-4H3. The SMILES string of the molecule is C=COC1=CC=C(CC(C)(C)C)CC1. The van der Waals surface area contributed by atoms with Crippen molar-refractivity contribution in [3.63, 3.8) is 0 Å². The molecule has 1 rings (SSSR count). The van der Waals surface area contributed by atoms with Crippen molar-refractivity contribution >= 4 is 0 Å². The summed E-state index contributed by atoms with van der Waals surface area (Å²) in [5, 5.41) is 0. The van der Waals surface area contributed by atoms with E-state index >= 15 is 0 Å². The Labute approximate surface area is 87.2 Å². The fourth-order valence-corrected chi connectivity index (χ4v) is 1.69. The third-order valence-corrected chi connectivity index (χ3v) is 2.19. The van der Waals surface area contributed by atoms with E-state index in [2.05, 4.69) is 39.5 Å². The number of hydrogen-bond acceptors (Lipinski definition) is 1. The van der Waals surface area contributed by atoms with Crippen LogP contribution < -0.4 is 0 Å². The number of rotatable bonds is 3. The molecule has 0 unspecified atom stereocenters. The second kappa shape index (κ2) is 4.50. The first-order valence-corrected chi connectivity index (χ1v) is 5.17. The first-order valence-electron chi connectivity index (χ1n) is 5.17. The molecule has 0 saturated heterocycles. The average Bonchev–Trinajstić information content (AvgIpc) is 2.06. The van der Waals surface area contributed by atoms with Crippen LogP contribution in [0.15, 0.2) is 36.3 Å². The quantitative estimate of drug-likeness (QED) is 0.609. The number of ether oxygens (including phenoxy) is 1. The van der Waals surface area contributed by atoms with Crippen LogP contribution in [0.5, 0.6) is 0 Å². The minimum Gasteiger partial charge on any atom is -0.470 e. The van der Waals surface area contributed by atoms with Crippen molar-refractivity contribution in [3.8, 4) is 0 Å². The van der Waals surface area contributed by atoms with Crippen LogP contribution in [0.2, 0.25) is 0 Å². The lowest BCUT2D eigenvalue weighted by molar-refractivity contribution is 0.328. The van der Waals surface area contributed by atoms with E-state index in [-0.39, 0.29) is 0 Å². The van der Waals surface area contributed by atoms with Gasteiger partial charge in [0.1, 0.15) is 5.76 Å². The fraction of sp³-hybridized carbons (Fsp3) is 0.538. The molecule has 0 N–H and O–H groups in total. The second-order valence-electron chi connectivity index (χ2n) is 4.98. The van der Waals surface area contributed by atoms with Gasteiger partial charge in [0.15, 0.2) is 0 Å². The van der Waals surface area contributed by atoms with E-state index in [0.717, 1.165) is 18.6 Å². The molecule has 0 bridgehead atoms. The highest BCUT2D eigenvalue weighted by molar-refractivity contribution is 5.22. The zero-order chi connectivity index (χ0) is 10.6. The number of hydrogen-bond donors (Lipinski definition) is 0. The summed E-state index contributed by atoms with van der Waals surface area (Å²) >= 11 is 0. The van der Waals surface area contributed by atoms with Crippen LogP contribution in [0.25, 0.3) is 0 Å². The Balaban J connectivity index is 2.55. The molecule has 0 fully saturated rings. The van der Waals surface area contributed by atoms with Gasteiger partial charge in [-0.05, 0) is 24.3 Å². The van der Waals surface area contributed by atoms with Crippen LogP contribution in [0.4, 0.5) is 0 Å². The molecular formula is C13H20O. The summed E-state index contributed by atoms with van der Waals surface area (Å²) in [7, 11) is 0. The normalized spacial score (nSPS) is 17.1. The molecule has 78 valence electrons. The minimum absolute atomic E-state index is 0.385. The maximum atomic E-state index is 5.24. The maximum Gasteiger partial charge on any atom is 0.103 e. The van der Waals surface area contributed by atoms with Crippen molar-refractivity contribution in [1.82, 2.24) is 0 Å². The Bertz CT molecular complexity index is 263. The highest BCUT2D eigenvalue weighted by atomic mass is 16.5. The van der Waals surface area contributed by atoms with Gasteiger partial charge in [-0.15, -0.1) is 0 Å². The van der Waals surface area contributed by atoms with Crippen molar-refractivity contribution in [2.45, 2.75) is 40.0 Å². The Morgan fingerprint density at radius 1 is 1.36 bits per heavy atom. The molecule has 14 heavy (non-hydrogen) atoms. The van der Waals surface area contributed by atoms with Gasteiger partial charge in [-0.3, -0.25) is 0 Å². The highest BCUT2D eigenvalue weighted by Crippen LogP contribution is 2.30. The van der Waals surface area contributed by atoms with Gasteiger partial charge in [0.25, 0.3) is 0 Å². The monoisotopic (exact) mass is 192 g/mol. The molecule has 0 aromatic heterocycles. The number of allylic oxidation sites excluding steroid dienone is 4. The van der Waals surface area contributed by atoms with Gasteiger partial charge in [-0.25, -0.2) is 0 Å². The predicted octanol–water partition coefficient (Wildman–Crippen LogP) is 4.19. The average molecular weight is 192 g/mol. The Kier molecular flexibility index (Phi) is 3.56. The fourth-order valence-electron chi connectivity index (χ4n) is 1.69. The van der Waals surface area contributed by atoms with Crippen molar-refractivity contribution in [2.75, 3.05) is 0 Å². The summed E-state index contributed by atoms with van der Waals surface area (Å²) in [6.07, 6.45) is 9.05. The molecule has 1 heteroatoms. The topological polar surface area (TPSA) is 9.23 Å². The molecule has 0 aromatic carbocycles. The van der Waals surface area contributed by atoms with E-state index in [1.807, 2.05) is 0 Å². The molecular weight excluding hydrogens is 172 g/mol. The molecule has 0 amide bonds. The van der Waals surface area contributed by atoms with Crippen LogP contribution in [-0.4, -0.2) is 0 Å². The first kappa shape index (κ1) is 11.1. The van der Waals surface area contributed by atoms with E-state index in [0.29, 0.717) is 5.41 Å². The molecule has 0 heterocycles. The van der Waals surface area contributed by atoms with Crippen LogP contribution in [-0.2, 0) is 4.74 Å². The van der Waals surface area contributed by atoms with Crippen molar-refractivity contribution in [1.29, 1.82) is 0 Å². The zero-order valence-corrected chi connectivity index (χ0v) is 9.47. The van der Waals surface area contributed by atoms with Gasteiger partial charge < -0.3 is 4.74 Å². The molecule has 0 radical (unpaired) electrons. The van der Waals surface area contributed by atoms with Crippen LogP contribution in [0, 0.1) is 5.41 Å². The van der Waals surface area contributed by atoms with Crippen molar-refractivity contribution < 1.29 is 4.74 Å². The molecule has 0 aromatic rings. The van der Waals surface area contributed by atoms with Gasteiger partial charge in [0.05, 0.1) is 6.26 Å². The predicted molar refractivity (Wildman–Crippen MR) is 60.8 cm³/mol. The molecule has 1 aliphatic carbocycles. The summed E-state index contributed by atoms with van der Waals surface area (Å²) in [6, 6.07) is 0. The summed E-state index contributed by atoms with van der Waals surface area (Å²) in [6.45, 7) is 10.4. The third-order valence-electron chi connectivity index (χ3n) is 2.19. The largest absolute Gasteiger partial charge is 0.470 e. The van der Waals surface area contributed by atoms with Crippen LogP contribution in [0.1, 0.15) is 40.0 Å². The lowest BCUT2D eigenvalue weighted by Gasteiger charge is -2.22. The van der Waals surface area contributed by atoms with Crippen LogP contribution in [0.3, 0.4) is 0 Å². The van der Waals surface area contributed by atoms with E-state index in [4.69, 9.17) is 4.74 Å². The second-order valence-corrected chi connectivity index (χ2v) is 4.98. The first-order chi connectivity index (χ1) is 6.51. The van der Waals surface area contributed by atoms with Gasteiger partial charge >= 0.3 is 0 Å². The van der Waals surface area contributed by atoms with Crippen molar-refractivity contribution in [3.05, 3.63) is 36.3 Å². The van der Waals surface area contributed by atoms with Gasteiger partial charge in [-0.1, -0.05) is 39.0 Å². The van der Waals surface area contributed by atoms with E-state index < -0.39 is 0 Å². The smallest absolute Gasteiger partial charge is 0.103 e. The molecule has 1 nitrogen and oxygen atoms in total. The summed E-state index contributed by atoms with van der Waals surface area (Å²) in [5.41, 5.74) is 1.91. The summed E-state index contributed by atoms with van der Waals surface area (Å²) in [4.78, 5) is 0. The summed E-state index contributed by atoms with van der Waals surface area (Å²) in [5.74, 6) is 1.03. The Hall–Kier alpha value is -0.980. The highest BCUT2D eigenvalue weighted by Gasteiger charge is 2.15. The lowest BCUT2D eigenvalue weighted by Crippen LogP contribution is -2.08. The molecule has 0 saturated carbocycles.